The zero-order chi connectivity index (χ0) is 20.3. The smallest absolute Gasteiger partial charge is 0.261 e. The van der Waals surface area contributed by atoms with Gasteiger partial charge in [-0.25, -0.2) is 4.98 Å². The summed E-state index contributed by atoms with van der Waals surface area (Å²) in [5, 5.41) is 16.3. The Labute approximate surface area is 163 Å². The molecule has 0 bridgehead atoms. The highest BCUT2D eigenvalue weighted by molar-refractivity contribution is 5.80. The van der Waals surface area contributed by atoms with Crippen LogP contribution in [0.5, 0.6) is 0 Å². The van der Waals surface area contributed by atoms with Gasteiger partial charge in [-0.05, 0) is 38.8 Å². The first kappa shape index (κ1) is 20.0. The molecule has 0 saturated heterocycles. The fourth-order valence-electron chi connectivity index (χ4n) is 3.55. The maximum Gasteiger partial charge on any atom is 0.261 e. The van der Waals surface area contributed by atoms with E-state index in [1.165, 1.54) is 10.9 Å². The van der Waals surface area contributed by atoms with Gasteiger partial charge in [0, 0.05) is 24.9 Å². The van der Waals surface area contributed by atoms with Crippen molar-refractivity contribution in [1.82, 2.24) is 20.2 Å². The Morgan fingerprint density at radius 1 is 1.29 bits per heavy atom. The average Bonchev–Trinajstić information content (AvgIpc) is 3.01. The number of aliphatic hydroxyl groups excluding tert-OH is 1. The van der Waals surface area contributed by atoms with Crippen LogP contribution in [0.3, 0.4) is 0 Å². The third-order valence-corrected chi connectivity index (χ3v) is 4.99. The van der Waals surface area contributed by atoms with E-state index in [2.05, 4.69) is 15.6 Å². The second kappa shape index (κ2) is 8.52. The van der Waals surface area contributed by atoms with Crippen LogP contribution in [0.15, 0.2) is 35.4 Å². The normalized spacial score (nSPS) is 21.8. The molecule has 1 heterocycles. The van der Waals surface area contributed by atoms with E-state index in [1.54, 1.807) is 18.2 Å². The molecule has 0 spiro atoms. The molecule has 0 unspecified atom stereocenters. The highest BCUT2D eigenvalue weighted by Gasteiger charge is 2.37. The van der Waals surface area contributed by atoms with E-state index in [0.29, 0.717) is 23.7 Å². The molecule has 1 aliphatic rings. The predicted molar refractivity (Wildman–Crippen MR) is 105 cm³/mol. The van der Waals surface area contributed by atoms with E-state index in [4.69, 9.17) is 0 Å². The number of nitrogens with zero attached hydrogens (tertiary/aromatic N) is 2. The number of carbonyl (C=O) groups is 2. The quantitative estimate of drug-likeness (QED) is 0.672. The van der Waals surface area contributed by atoms with E-state index >= 15 is 0 Å². The Balaban J connectivity index is 1.55. The number of carbonyl (C=O) groups excluding carboxylic acids is 2. The Hall–Kier alpha value is -2.74. The molecule has 2 aromatic rings. The van der Waals surface area contributed by atoms with Crippen molar-refractivity contribution in [2.45, 2.75) is 57.8 Å². The van der Waals surface area contributed by atoms with Gasteiger partial charge in [0.25, 0.3) is 5.56 Å². The molecule has 8 nitrogen and oxygen atoms in total. The zero-order valence-electron chi connectivity index (χ0n) is 16.1. The molecule has 1 fully saturated rings. The number of aromatic nitrogens is 2. The standard InChI is InChI=1S/C20H26N4O4/c1-12(2)22-19(27)13-9-16(17(25)10-13)23-18(26)7-8-24-11-21-15-6-4-3-5-14(15)20(24)28/h3-6,11-13,16-17,25H,7-10H2,1-2H3,(H,22,27)(H,23,26)/t13-,16-,17-/m0/s1. The van der Waals surface area contributed by atoms with Gasteiger partial charge >= 0.3 is 0 Å². The molecule has 0 aliphatic heterocycles. The van der Waals surface area contributed by atoms with Crippen molar-refractivity contribution < 1.29 is 14.7 Å². The molecular weight excluding hydrogens is 360 g/mol. The predicted octanol–water partition coefficient (Wildman–Crippen LogP) is 0.567. The van der Waals surface area contributed by atoms with Crippen LogP contribution in [0.2, 0.25) is 0 Å². The van der Waals surface area contributed by atoms with E-state index < -0.39 is 12.1 Å². The minimum Gasteiger partial charge on any atom is -0.391 e. The Morgan fingerprint density at radius 3 is 2.79 bits per heavy atom. The van der Waals surface area contributed by atoms with Crippen molar-refractivity contribution in [2.75, 3.05) is 0 Å². The van der Waals surface area contributed by atoms with Crippen molar-refractivity contribution in [3.8, 4) is 0 Å². The van der Waals surface area contributed by atoms with Crippen LogP contribution in [-0.4, -0.2) is 44.7 Å². The number of nitrogens with one attached hydrogen (secondary N) is 2. The molecule has 3 rings (SSSR count). The summed E-state index contributed by atoms with van der Waals surface area (Å²) in [4.78, 5) is 41.1. The number of aryl methyl sites for hydroxylation is 1. The first-order chi connectivity index (χ1) is 13.3. The molecule has 28 heavy (non-hydrogen) atoms. The van der Waals surface area contributed by atoms with Gasteiger partial charge in [-0.15, -0.1) is 0 Å². The topological polar surface area (TPSA) is 113 Å². The third kappa shape index (κ3) is 4.56. The molecule has 1 aromatic heterocycles. The van der Waals surface area contributed by atoms with Crippen LogP contribution in [-0.2, 0) is 16.1 Å². The van der Waals surface area contributed by atoms with Gasteiger partial charge in [-0.2, -0.15) is 0 Å². The second-order valence-electron chi connectivity index (χ2n) is 7.58. The number of hydrogen-bond donors (Lipinski definition) is 3. The number of amides is 2. The summed E-state index contributed by atoms with van der Waals surface area (Å²) in [6.07, 6.45) is 1.51. The molecular formula is C20H26N4O4. The van der Waals surface area contributed by atoms with Crippen LogP contribution in [0.4, 0.5) is 0 Å². The molecule has 3 atom stereocenters. The number of aliphatic hydroxyl groups is 1. The van der Waals surface area contributed by atoms with Crippen LogP contribution in [0.1, 0.15) is 33.1 Å². The highest BCUT2D eigenvalue weighted by atomic mass is 16.3. The molecule has 0 radical (unpaired) electrons. The molecule has 150 valence electrons. The summed E-state index contributed by atoms with van der Waals surface area (Å²) in [6, 6.07) is 6.64. The fraction of sp³-hybridized carbons (Fsp3) is 0.500. The minimum atomic E-state index is -0.753. The maximum atomic E-state index is 12.5. The number of fused-ring (bicyclic) bond motifs is 1. The molecule has 1 aromatic carbocycles. The summed E-state index contributed by atoms with van der Waals surface area (Å²) >= 11 is 0. The second-order valence-corrected chi connectivity index (χ2v) is 7.58. The molecule has 1 saturated carbocycles. The summed E-state index contributed by atoms with van der Waals surface area (Å²) in [6.45, 7) is 3.96. The lowest BCUT2D eigenvalue weighted by atomic mass is 10.1. The van der Waals surface area contributed by atoms with Gasteiger partial charge in [0.05, 0.1) is 29.4 Å². The Morgan fingerprint density at radius 2 is 2.04 bits per heavy atom. The van der Waals surface area contributed by atoms with Gasteiger partial charge in [0.15, 0.2) is 0 Å². The number of hydrogen-bond acceptors (Lipinski definition) is 5. The summed E-state index contributed by atoms with van der Waals surface area (Å²) in [5.41, 5.74) is 0.428. The summed E-state index contributed by atoms with van der Waals surface area (Å²) < 4.78 is 1.41. The summed E-state index contributed by atoms with van der Waals surface area (Å²) in [7, 11) is 0. The van der Waals surface area contributed by atoms with E-state index in [0.717, 1.165) is 0 Å². The van der Waals surface area contributed by atoms with Crippen LogP contribution >= 0.6 is 0 Å². The fourth-order valence-corrected chi connectivity index (χ4v) is 3.55. The average molecular weight is 386 g/mol. The third-order valence-electron chi connectivity index (χ3n) is 4.99. The van der Waals surface area contributed by atoms with Crippen molar-refractivity contribution in [3.63, 3.8) is 0 Å². The number of para-hydroxylation sites is 1. The lowest BCUT2D eigenvalue weighted by Gasteiger charge is -2.17. The van der Waals surface area contributed by atoms with Gasteiger partial charge in [-0.1, -0.05) is 12.1 Å². The van der Waals surface area contributed by atoms with Gasteiger partial charge in [0.1, 0.15) is 0 Å². The minimum absolute atomic E-state index is 0.0344. The zero-order valence-corrected chi connectivity index (χ0v) is 16.1. The highest BCUT2D eigenvalue weighted by Crippen LogP contribution is 2.26. The molecule has 8 heteroatoms. The molecule has 2 amide bonds. The van der Waals surface area contributed by atoms with E-state index in [9.17, 15) is 19.5 Å². The SMILES string of the molecule is CC(C)NC(=O)[C@H]1C[C@H](NC(=O)CCn2cnc3ccccc3c2=O)[C@@H](O)C1. The number of rotatable bonds is 6. The van der Waals surface area contributed by atoms with Crippen molar-refractivity contribution in [3.05, 3.63) is 40.9 Å². The number of benzene rings is 1. The largest absolute Gasteiger partial charge is 0.391 e. The van der Waals surface area contributed by atoms with Gasteiger partial charge in [0.2, 0.25) is 11.8 Å². The lowest BCUT2D eigenvalue weighted by Crippen LogP contribution is -2.40. The molecule has 3 N–H and O–H groups in total. The first-order valence-corrected chi connectivity index (χ1v) is 9.57. The maximum absolute atomic E-state index is 12.5. The van der Waals surface area contributed by atoms with E-state index in [-0.39, 0.29) is 42.3 Å². The van der Waals surface area contributed by atoms with Crippen molar-refractivity contribution >= 4 is 22.7 Å². The monoisotopic (exact) mass is 386 g/mol. The lowest BCUT2D eigenvalue weighted by molar-refractivity contribution is -0.126. The van der Waals surface area contributed by atoms with Gasteiger partial charge < -0.3 is 15.7 Å². The Bertz CT molecular complexity index is 924. The Kier molecular flexibility index (Phi) is 6.08. The summed E-state index contributed by atoms with van der Waals surface area (Å²) in [5.74, 6) is -0.677. The van der Waals surface area contributed by atoms with Crippen molar-refractivity contribution in [1.29, 1.82) is 0 Å². The van der Waals surface area contributed by atoms with E-state index in [1.807, 2.05) is 19.9 Å². The first-order valence-electron chi connectivity index (χ1n) is 9.57. The van der Waals surface area contributed by atoms with Crippen LogP contribution < -0.4 is 16.2 Å². The molecule has 1 aliphatic carbocycles. The van der Waals surface area contributed by atoms with Crippen molar-refractivity contribution in [2.24, 2.45) is 5.92 Å². The van der Waals surface area contributed by atoms with Crippen LogP contribution in [0, 0.1) is 5.92 Å². The van der Waals surface area contributed by atoms with Crippen LogP contribution in [0.25, 0.3) is 10.9 Å². The van der Waals surface area contributed by atoms with Gasteiger partial charge in [-0.3, -0.25) is 19.0 Å².